The number of likely N-dealkylation sites (N-methyl/N-ethyl adjacent to an activating group) is 1. The standard InChI is InChI=1S/C16H27ClFN3/c1-5-16(4,21(6-2)7-3)15(20-19)11-12-8-9-14(18)13(17)10-12/h8-10,15,20H,5-7,11,19H2,1-4H3. The average Bonchev–Trinajstić information content (AvgIpc) is 2.49. The quantitative estimate of drug-likeness (QED) is 0.571. The molecule has 0 radical (unpaired) electrons. The lowest BCUT2D eigenvalue weighted by Crippen LogP contribution is -2.61. The lowest BCUT2D eigenvalue weighted by Gasteiger charge is -2.45. The van der Waals surface area contributed by atoms with Crippen LogP contribution in [0.1, 0.15) is 39.7 Å². The fourth-order valence-electron chi connectivity index (χ4n) is 3.00. The number of halogens is 2. The summed E-state index contributed by atoms with van der Waals surface area (Å²) in [6.07, 6.45) is 1.68. The third-order valence-electron chi connectivity index (χ3n) is 4.58. The molecule has 3 N–H and O–H groups in total. The molecule has 0 saturated heterocycles. The van der Waals surface area contributed by atoms with Crippen LogP contribution in [0.5, 0.6) is 0 Å². The van der Waals surface area contributed by atoms with Crippen LogP contribution in [0, 0.1) is 5.82 Å². The SMILES string of the molecule is CCN(CC)C(C)(CC)C(Cc1ccc(F)c(Cl)c1)NN. The fraction of sp³-hybridized carbons (Fsp3) is 0.625. The summed E-state index contributed by atoms with van der Waals surface area (Å²) in [7, 11) is 0. The Kier molecular flexibility index (Phi) is 7.07. The maximum Gasteiger partial charge on any atom is 0.141 e. The molecule has 120 valence electrons. The van der Waals surface area contributed by atoms with Crippen molar-refractivity contribution in [3.05, 3.63) is 34.6 Å². The smallest absolute Gasteiger partial charge is 0.141 e. The van der Waals surface area contributed by atoms with E-state index in [0.717, 1.165) is 25.1 Å². The number of hydrogen-bond acceptors (Lipinski definition) is 3. The van der Waals surface area contributed by atoms with Crippen LogP contribution in [-0.4, -0.2) is 29.6 Å². The highest BCUT2D eigenvalue weighted by Crippen LogP contribution is 2.27. The van der Waals surface area contributed by atoms with Crippen molar-refractivity contribution in [2.75, 3.05) is 13.1 Å². The molecule has 0 aromatic heterocycles. The summed E-state index contributed by atoms with van der Waals surface area (Å²) >= 11 is 5.87. The molecule has 0 fully saturated rings. The van der Waals surface area contributed by atoms with Crippen molar-refractivity contribution in [3.8, 4) is 0 Å². The van der Waals surface area contributed by atoms with Crippen LogP contribution in [0.25, 0.3) is 0 Å². The number of nitrogens with zero attached hydrogens (tertiary/aromatic N) is 1. The topological polar surface area (TPSA) is 41.3 Å². The summed E-state index contributed by atoms with van der Waals surface area (Å²) < 4.78 is 13.3. The predicted octanol–water partition coefficient (Wildman–Crippen LogP) is 3.36. The van der Waals surface area contributed by atoms with Gasteiger partial charge in [-0.2, -0.15) is 0 Å². The third kappa shape index (κ3) is 4.16. The minimum Gasteiger partial charge on any atom is -0.297 e. The summed E-state index contributed by atoms with van der Waals surface area (Å²) in [6.45, 7) is 10.6. The molecule has 1 aromatic carbocycles. The molecule has 2 unspecified atom stereocenters. The van der Waals surface area contributed by atoms with Gasteiger partial charge in [0.05, 0.1) is 5.02 Å². The van der Waals surface area contributed by atoms with E-state index in [-0.39, 0.29) is 22.4 Å². The molecule has 1 rings (SSSR count). The Morgan fingerprint density at radius 2 is 1.95 bits per heavy atom. The molecule has 2 atom stereocenters. The van der Waals surface area contributed by atoms with Gasteiger partial charge in [-0.25, -0.2) is 4.39 Å². The minimum absolute atomic E-state index is 0.0592. The van der Waals surface area contributed by atoms with Gasteiger partial charge >= 0.3 is 0 Å². The van der Waals surface area contributed by atoms with E-state index in [2.05, 4.69) is 38.0 Å². The van der Waals surface area contributed by atoms with E-state index in [1.807, 2.05) is 0 Å². The maximum absolute atomic E-state index is 13.3. The van der Waals surface area contributed by atoms with Crippen LogP contribution in [0.3, 0.4) is 0 Å². The molecule has 21 heavy (non-hydrogen) atoms. The second-order valence-electron chi connectivity index (χ2n) is 5.55. The molecule has 0 aliphatic rings. The van der Waals surface area contributed by atoms with E-state index in [1.54, 1.807) is 12.1 Å². The van der Waals surface area contributed by atoms with Crippen LogP contribution in [-0.2, 0) is 6.42 Å². The van der Waals surface area contributed by atoms with Crippen molar-refractivity contribution in [3.63, 3.8) is 0 Å². The summed E-state index contributed by atoms with van der Waals surface area (Å²) in [5.74, 6) is 5.42. The first-order valence-corrected chi connectivity index (χ1v) is 7.95. The predicted molar refractivity (Wildman–Crippen MR) is 87.8 cm³/mol. The van der Waals surface area contributed by atoms with Gasteiger partial charge in [-0.1, -0.05) is 38.4 Å². The average molecular weight is 316 g/mol. The number of nitrogens with two attached hydrogens (primary N) is 1. The zero-order valence-electron chi connectivity index (χ0n) is 13.4. The first-order valence-electron chi connectivity index (χ1n) is 7.57. The van der Waals surface area contributed by atoms with E-state index in [1.165, 1.54) is 6.07 Å². The van der Waals surface area contributed by atoms with E-state index >= 15 is 0 Å². The van der Waals surface area contributed by atoms with E-state index in [9.17, 15) is 4.39 Å². The van der Waals surface area contributed by atoms with E-state index < -0.39 is 0 Å². The highest BCUT2D eigenvalue weighted by molar-refractivity contribution is 6.30. The molecule has 0 heterocycles. The summed E-state index contributed by atoms with van der Waals surface area (Å²) in [4.78, 5) is 2.41. The number of benzene rings is 1. The normalized spacial score (nSPS) is 16.0. The zero-order valence-corrected chi connectivity index (χ0v) is 14.2. The Balaban J connectivity index is 3.01. The van der Waals surface area contributed by atoms with Crippen LogP contribution in [0.15, 0.2) is 18.2 Å². The molecular formula is C16H27ClFN3. The maximum atomic E-state index is 13.3. The van der Waals surface area contributed by atoms with Gasteiger partial charge in [0, 0.05) is 11.6 Å². The number of hydrogen-bond donors (Lipinski definition) is 2. The first kappa shape index (κ1) is 18.4. The summed E-state index contributed by atoms with van der Waals surface area (Å²) in [5.41, 5.74) is 3.86. The largest absolute Gasteiger partial charge is 0.297 e. The zero-order chi connectivity index (χ0) is 16.0. The highest BCUT2D eigenvalue weighted by Gasteiger charge is 2.36. The van der Waals surface area contributed by atoms with Crippen LogP contribution < -0.4 is 11.3 Å². The van der Waals surface area contributed by atoms with Gasteiger partial charge < -0.3 is 0 Å². The monoisotopic (exact) mass is 315 g/mol. The van der Waals surface area contributed by atoms with Gasteiger partial charge in [0.1, 0.15) is 5.82 Å². The van der Waals surface area contributed by atoms with Gasteiger partial charge in [0.25, 0.3) is 0 Å². The molecule has 5 heteroatoms. The fourth-order valence-corrected chi connectivity index (χ4v) is 3.20. The molecule has 0 aliphatic carbocycles. The molecule has 0 spiro atoms. The third-order valence-corrected chi connectivity index (χ3v) is 4.87. The van der Waals surface area contributed by atoms with E-state index in [4.69, 9.17) is 17.4 Å². The molecule has 0 aliphatic heterocycles. The molecule has 0 amide bonds. The van der Waals surface area contributed by atoms with Crippen LogP contribution in [0.2, 0.25) is 5.02 Å². The highest BCUT2D eigenvalue weighted by atomic mass is 35.5. The lowest BCUT2D eigenvalue weighted by atomic mass is 9.83. The summed E-state index contributed by atoms with van der Waals surface area (Å²) in [5, 5.41) is 0.157. The van der Waals surface area contributed by atoms with Crippen molar-refractivity contribution < 1.29 is 4.39 Å². The van der Waals surface area contributed by atoms with Gasteiger partial charge in [0.15, 0.2) is 0 Å². The Morgan fingerprint density at radius 1 is 1.33 bits per heavy atom. The van der Waals surface area contributed by atoms with Crippen molar-refractivity contribution in [2.24, 2.45) is 5.84 Å². The van der Waals surface area contributed by atoms with E-state index in [0.29, 0.717) is 6.42 Å². The molecule has 0 saturated carbocycles. The number of hydrazine groups is 1. The van der Waals surface area contributed by atoms with Crippen LogP contribution >= 0.6 is 11.6 Å². The minimum atomic E-state index is -0.389. The number of nitrogens with one attached hydrogen (secondary N) is 1. The van der Waals surface area contributed by atoms with Gasteiger partial charge in [-0.15, -0.1) is 0 Å². The molecular weight excluding hydrogens is 289 g/mol. The van der Waals surface area contributed by atoms with Crippen molar-refractivity contribution in [2.45, 2.75) is 52.1 Å². The molecule has 1 aromatic rings. The lowest BCUT2D eigenvalue weighted by molar-refractivity contribution is 0.0701. The van der Waals surface area contributed by atoms with Crippen molar-refractivity contribution >= 4 is 11.6 Å². The van der Waals surface area contributed by atoms with Gasteiger partial charge in [0.2, 0.25) is 0 Å². The molecule has 3 nitrogen and oxygen atoms in total. The summed E-state index contributed by atoms with van der Waals surface area (Å²) in [6, 6.07) is 4.92. The Labute approximate surface area is 132 Å². The van der Waals surface area contributed by atoms with Gasteiger partial charge in [-0.05, 0) is 50.6 Å². The first-order chi connectivity index (χ1) is 9.92. The Bertz CT molecular complexity index is 451. The number of rotatable bonds is 8. The second-order valence-corrected chi connectivity index (χ2v) is 5.96. The van der Waals surface area contributed by atoms with Crippen LogP contribution in [0.4, 0.5) is 4.39 Å². The Morgan fingerprint density at radius 3 is 2.38 bits per heavy atom. The molecule has 0 bridgehead atoms. The van der Waals surface area contributed by atoms with Gasteiger partial charge in [-0.3, -0.25) is 16.2 Å². The van der Waals surface area contributed by atoms with Crippen molar-refractivity contribution in [1.82, 2.24) is 10.3 Å². The van der Waals surface area contributed by atoms with Crippen molar-refractivity contribution in [1.29, 1.82) is 0 Å². The second kappa shape index (κ2) is 8.08. The Hall–Kier alpha value is -0.680.